The van der Waals surface area contributed by atoms with Gasteiger partial charge in [0.1, 0.15) is 5.69 Å². The summed E-state index contributed by atoms with van der Waals surface area (Å²) in [6, 6.07) is 1.83. The molecule has 0 spiro atoms. The van der Waals surface area contributed by atoms with Gasteiger partial charge in [0, 0.05) is 32.4 Å². The van der Waals surface area contributed by atoms with E-state index in [0.717, 1.165) is 13.1 Å². The zero-order chi connectivity index (χ0) is 11.4. The van der Waals surface area contributed by atoms with Crippen molar-refractivity contribution in [3.8, 4) is 6.01 Å². The van der Waals surface area contributed by atoms with Crippen molar-refractivity contribution >= 4 is 5.91 Å². The summed E-state index contributed by atoms with van der Waals surface area (Å²) >= 11 is 0. The molecule has 6 nitrogen and oxygen atoms in total. The number of methoxy groups -OCH3 is 1. The SMILES string of the molecule is COc1nccc(C(=O)N2CCNCC2)n1. The topological polar surface area (TPSA) is 67.3 Å². The molecule has 1 N–H and O–H groups in total. The summed E-state index contributed by atoms with van der Waals surface area (Å²) in [5.74, 6) is -0.0674. The third-order valence-corrected chi connectivity index (χ3v) is 2.44. The number of nitrogens with zero attached hydrogens (tertiary/aromatic N) is 3. The zero-order valence-electron chi connectivity index (χ0n) is 9.14. The van der Waals surface area contributed by atoms with Crippen LogP contribution in [0.1, 0.15) is 10.5 Å². The van der Waals surface area contributed by atoms with E-state index in [4.69, 9.17) is 4.74 Å². The van der Waals surface area contributed by atoms with E-state index in [1.165, 1.54) is 13.3 Å². The second kappa shape index (κ2) is 4.89. The van der Waals surface area contributed by atoms with Gasteiger partial charge in [0.2, 0.25) is 0 Å². The molecule has 86 valence electrons. The molecule has 0 aliphatic carbocycles. The molecule has 0 atom stereocenters. The molecule has 1 fully saturated rings. The number of nitrogens with one attached hydrogen (secondary N) is 1. The quantitative estimate of drug-likeness (QED) is 0.732. The van der Waals surface area contributed by atoms with Gasteiger partial charge in [0.15, 0.2) is 0 Å². The van der Waals surface area contributed by atoms with E-state index in [1.807, 2.05) is 0 Å². The lowest BCUT2D eigenvalue weighted by Crippen LogP contribution is -2.46. The highest BCUT2D eigenvalue weighted by molar-refractivity contribution is 5.92. The van der Waals surface area contributed by atoms with Crippen LogP contribution in [-0.2, 0) is 0 Å². The van der Waals surface area contributed by atoms with Gasteiger partial charge in [-0.25, -0.2) is 4.98 Å². The number of aromatic nitrogens is 2. The summed E-state index contributed by atoms with van der Waals surface area (Å²) in [5, 5.41) is 3.19. The summed E-state index contributed by atoms with van der Waals surface area (Å²) in [6.45, 7) is 3.08. The van der Waals surface area contributed by atoms with Crippen molar-refractivity contribution in [2.45, 2.75) is 0 Å². The Bertz CT molecular complexity index is 377. The summed E-state index contributed by atoms with van der Waals surface area (Å²) in [4.78, 5) is 21.7. The predicted molar refractivity (Wildman–Crippen MR) is 57.4 cm³/mol. The van der Waals surface area contributed by atoms with Gasteiger partial charge < -0.3 is 15.0 Å². The van der Waals surface area contributed by atoms with Crippen LogP contribution in [0.5, 0.6) is 6.01 Å². The molecule has 6 heteroatoms. The third kappa shape index (κ3) is 2.27. The van der Waals surface area contributed by atoms with E-state index in [-0.39, 0.29) is 11.9 Å². The third-order valence-electron chi connectivity index (χ3n) is 2.44. The molecule has 2 heterocycles. The highest BCUT2D eigenvalue weighted by Crippen LogP contribution is 2.06. The van der Waals surface area contributed by atoms with E-state index in [1.54, 1.807) is 11.0 Å². The Balaban J connectivity index is 2.12. The van der Waals surface area contributed by atoms with Gasteiger partial charge in [-0.15, -0.1) is 0 Å². The zero-order valence-corrected chi connectivity index (χ0v) is 9.14. The summed E-state index contributed by atoms with van der Waals surface area (Å²) in [5.41, 5.74) is 0.383. The van der Waals surface area contributed by atoms with Crippen molar-refractivity contribution in [2.75, 3.05) is 33.3 Å². The minimum absolute atomic E-state index is 0.0674. The Morgan fingerprint density at radius 3 is 2.94 bits per heavy atom. The molecular formula is C10H14N4O2. The van der Waals surface area contributed by atoms with Gasteiger partial charge in [0.05, 0.1) is 7.11 Å². The van der Waals surface area contributed by atoms with Gasteiger partial charge in [-0.1, -0.05) is 0 Å². The molecule has 0 unspecified atom stereocenters. The monoisotopic (exact) mass is 222 g/mol. The molecule has 0 saturated carbocycles. The number of carbonyl (C=O) groups is 1. The van der Waals surface area contributed by atoms with Crippen LogP contribution in [0.3, 0.4) is 0 Å². The minimum atomic E-state index is -0.0674. The molecule has 0 bridgehead atoms. The first-order valence-electron chi connectivity index (χ1n) is 5.18. The highest BCUT2D eigenvalue weighted by atomic mass is 16.5. The number of carbonyl (C=O) groups excluding carboxylic acids is 1. The van der Waals surface area contributed by atoms with Crippen LogP contribution < -0.4 is 10.1 Å². The first kappa shape index (κ1) is 10.8. The Labute approximate surface area is 93.6 Å². The predicted octanol–water partition coefficient (Wildman–Crippen LogP) is -0.469. The van der Waals surface area contributed by atoms with Gasteiger partial charge in [-0.2, -0.15) is 4.98 Å². The lowest BCUT2D eigenvalue weighted by Gasteiger charge is -2.26. The Kier molecular flexibility index (Phi) is 3.31. The van der Waals surface area contributed by atoms with Crippen LogP contribution in [0.4, 0.5) is 0 Å². The van der Waals surface area contributed by atoms with Crippen molar-refractivity contribution in [2.24, 2.45) is 0 Å². The molecule has 16 heavy (non-hydrogen) atoms. The fourth-order valence-electron chi connectivity index (χ4n) is 1.59. The van der Waals surface area contributed by atoms with E-state index >= 15 is 0 Å². The molecular weight excluding hydrogens is 208 g/mol. The second-order valence-electron chi connectivity index (χ2n) is 3.47. The second-order valence-corrected chi connectivity index (χ2v) is 3.47. The van der Waals surface area contributed by atoms with Crippen molar-refractivity contribution in [1.82, 2.24) is 20.2 Å². The molecule has 0 aromatic carbocycles. The minimum Gasteiger partial charge on any atom is -0.467 e. The standard InChI is InChI=1S/C10H14N4O2/c1-16-10-12-3-2-8(13-10)9(15)14-6-4-11-5-7-14/h2-3,11H,4-7H2,1H3. The maximum Gasteiger partial charge on any atom is 0.316 e. The number of ether oxygens (including phenoxy) is 1. The highest BCUT2D eigenvalue weighted by Gasteiger charge is 2.19. The first-order chi connectivity index (χ1) is 7.81. The maximum absolute atomic E-state index is 12.0. The van der Waals surface area contributed by atoms with Crippen LogP contribution in [-0.4, -0.2) is 54.1 Å². The van der Waals surface area contributed by atoms with E-state index < -0.39 is 0 Å². The Hall–Kier alpha value is -1.69. The van der Waals surface area contributed by atoms with Crippen molar-refractivity contribution in [3.05, 3.63) is 18.0 Å². The van der Waals surface area contributed by atoms with Crippen LogP contribution in [0.2, 0.25) is 0 Å². The largest absolute Gasteiger partial charge is 0.467 e. The maximum atomic E-state index is 12.0. The van der Waals surface area contributed by atoms with E-state index in [9.17, 15) is 4.79 Å². The summed E-state index contributed by atoms with van der Waals surface area (Å²) in [7, 11) is 1.48. The fourth-order valence-corrected chi connectivity index (χ4v) is 1.59. The number of piperazine rings is 1. The van der Waals surface area contributed by atoms with Crippen molar-refractivity contribution < 1.29 is 9.53 Å². The first-order valence-corrected chi connectivity index (χ1v) is 5.18. The molecule has 1 aromatic rings. The number of amides is 1. The lowest BCUT2D eigenvalue weighted by atomic mass is 10.3. The van der Waals surface area contributed by atoms with Gasteiger partial charge in [-0.05, 0) is 6.07 Å². The van der Waals surface area contributed by atoms with E-state index in [2.05, 4.69) is 15.3 Å². The van der Waals surface area contributed by atoms with Crippen LogP contribution in [0.25, 0.3) is 0 Å². The van der Waals surface area contributed by atoms with E-state index in [0.29, 0.717) is 18.8 Å². The summed E-state index contributed by atoms with van der Waals surface area (Å²) in [6.07, 6.45) is 1.53. The molecule has 1 saturated heterocycles. The lowest BCUT2D eigenvalue weighted by molar-refractivity contribution is 0.0728. The Morgan fingerprint density at radius 2 is 2.25 bits per heavy atom. The fraction of sp³-hybridized carbons (Fsp3) is 0.500. The van der Waals surface area contributed by atoms with Gasteiger partial charge in [0.25, 0.3) is 5.91 Å². The molecule has 0 radical (unpaired) electrons. The average Bonchev–Trinajstić information content (AvgIpc) is 2.39. The molecule has 1 amide bonds. The average molecular weight is 222 g/mol. The van der Waals surface area contributed by atoms with Crippen LogP contribution in [0, 0.1) is 0 Å². The molecule has 1 aliphatic heterocycles. The number of rotatable bonds is 2. The van der Waals surface area contributed by atoms with Crippen LogP contribution >= 0.6 is 0 Å². The normalized spacial score (nSPS) is 15.9. The number of hydrogen-bond acceptors (Lipinski definition) is 5. The van der Waals surface area contributed by atoms with Gasteiger partial charge >= 0.3 is 6.01 Å². The van der Waals surface area contributed by atoms with Crippen molar-refractivity contribution in [3.63, 3.8) is 0 Å². The smallest absolute Gasteiger partial charge is 0.316 e. The molecule has 1 aliphatic rings. The summed E-state index contributed by atoms with van der Waals surface area (Å²) < 4.78 is 4.89. The van der Waals surface area contributed by atoms with Gasteiger partial charge in [-0.3, -0.25) is 4.79 Å². The molecule has 1 aromatic heterocycles. The van der Waals surface area contributed by atoms with Crippen molar-refractivity contribution in [1.29, 1.82) is 0 Å². The van der Waals surface area contributed by atoms with Crippen LogP contribution in [0.15, 0.2) is 12.3 Å². The number of hydrogen-bond donors (Lipinski definition) is 1. The molecule has 2 rings (SSSR count). The Morgan fingerprint density at radius 1 is 1.50 bits per heavy atom.